The van der Waals surface area contributed by atoms with Crippen molar-refractivity contribution >= 4 is 17.7 Å². The predicted octanol–water partition coefficient (Wildman–Crippen LogP) is 2.59. The Kier molecular flexibility index (Phi) is 5.69. The van der Waals surface area contributed by atoms with Crippen molar-refractivity contribution in [2.24, 2.45) is 5.73 Å². The van der Waals surface area contributed by atoms with Gasteiger partial charge in [0.15, 0.2) is 0 Å². The van der Waals surface area contributed by atoms with Crippen LogP contribution in [0.1, 0.15) is 26.3 Å². The highest BCUT2D eigenvalue weighted by Crippen LogP contribution is 2.14. The van der Waals surface area contributed by atoms with Gasteiger partial charge in [0.25, 0.3) is 0 Å². The Labute approximate surface area is 113 Å². The number of carbonyl (C=O) groups excluding carboxylic acids is 1. The molecule has 4 heteroatoms. The minimum Gasteiger partial charge on any atom is -0.459 e. The molecule has 0 aliphatic heterocycles. The van der Waals surface area contributed by atoms with Gasteiger partial charge in [-0.2, -0.15) is 11.8 Å². The number of hydrogen-bond donors (Lipinski definition) is 1. The third-order valence-corrected chi connectivity index (χ3v) is 3.25. The Balaban J connectivity index is 2.29. The first-order chi connectivity index (χ1) is 8.38. The highest BCUT2D eigenvalue weighted by Gasteiger charge is 2.21. The third kappa shape index (κ3) is 6.07. The third-order valence-electron chi connectivity index (χ3n) is 2.12. The van der Waals surface area contributed by atoms with Crippen molar-refractivity contribution in [2.45, 2.75) is 38.2 Å². The lowest BCUT2D eigenvalue weighted by atomic mass is 10.2. The first-order valence-electron chi connectivity index (χ1n) is 5.98. The lowest BCUT2D eigenvalue weighted by molar-refractivity contribution is -0.155. The van der Waals surface area contributed by atoms with E-state index in [2.05, 4.69) is 12.1 Å². The molecule has 0 saturated carbocycles. The summed E-state index contributed by atoms with van der Waals surface area (Å²) in [7, 11) is 0. The Morgan fingerprint density at radius 1 is 1.33 bits per heavy atom. The quantitative estimate of drug-likeness (QED) is 0.833. The Hall–Kier alpha value is -1.00. The van der Waals surface area contributed by atoms with E-state index in [1.165, 1.54) is 5.56 Å². The SMILES string of the molecule is CC(C)(C)OC(=O)C(N)CSCc1ccccc1. The molecule has 0 radical (unpaired) electrons. The van der Waals surface area contributed by atoms with Crippen molar-refractivity contribution in [1.82, 2.24) is 0 Å². The minimum absolute atomic E-state index is 0.330. The van der Waals surface area contributed by atoms with E-state index < -0.39 is 11.6 Å². The van der Waals surface area contributed by atoms with Crippen molar-refractivity contribution in [3.63, 3.8) is 0 Å². The summed E-state index contributed by atoms with van der Waals surface area (Å²) < 4.78 is 5.22. The van der Waals surface area contributed by atoms with Crippen LogP contribution in [0, 0.1) is 0 Å². The summed E-state index contributed by atoms with van der Waals surface area (Å²) in [5, 5.41) is 0. The van der Waals surface area contributed by atoms with Gasteiger partial charge in [-0.05, 0) is 26.3 Å². The number of hydrogen-bond acceptors (Lipinski definition) is 4. The van der Waals surface area contributed by atoms with Gasteiger partial charge >= 0.3 is 5.97 Å². The molecule has 18 heavy (non-hydrogen) atoms. The number of benzene rings is 1. The fraction of sp³-hybridized carbons (Fsp3) is 0.500. The Morgan fingerprint density at radius 3 is 2.50 bits per heavy atom. The van der Waals surface area contributed by atoms with Crippen molar-refractivity contribution < 1.29 is 9.53 Å². The van der Waals surface area contributed by atoms with Gasteiger partial charge in [0.1, 0.15) is 11.6 Å². The van der Waals surface area contributed by atoms with Gasteiger partial charge in [0, 0.05) is 11.5 Å². The van der Waals surface area contributed by atoms with E-state index in [0.717, 1.165) is 5.75 Å². The second-order valence-electron chi connectivity index (χ2n) is 5.14. The molecule has 3 nitrogen and oxygen atoms in total. The number of esters is 1. The average Bonchev–Trinajstić information content (AvgIpc) is 2.28. The number of nitrogens with two attached hydrogens (primary N) is 1. The molecule has 1 rings (SSSR count). The van der Waals surface area contributed by atoms with Crippen LogP contribution < -0.4 is 5.73 Å². The van der Waals surface area contributed by atoms with Gasteiger partial charge in [-0.25, -0.2) is 0 Å². The van der Waals surface area contributed by atoms with Gasteiger partial charge in [0.2, 0.25) is 0 Å². The molecule has 0 spiro atoms. The van der Waals surface area contributed by atoms with Gasteiger partial charge in [-0.3, -0.25) is 4.79 Å². The molecule has 2 N–H and O–H groups in total. The monoisotopic (exact) mass is 267 g/mol. The van der Waals surface area contributed by atoms with E-state index in [4.69, 9.17) is 10.5 Å². The molecule has 1 aromatic rings. The van der Waals surface area contributed by atoms with Gasteiger partial charge in [-0.1, -0.05) is 30.3 Å². The summed E-state index contributed by atoms with van der Waals surface area (Å²) >= 11 is 1.64. The largest absolute Gasteiger partial charge is 0.459 e. The van der Waals surface area contributed by atoms with Crippen LogP contribution in [0.25, 0.3) is 0 Å². The fourth-order valence-electron chi connectivity index (χ4n) is 1.32. The number of thioether (sulfide) groups is 1. The molecule has 0 saturated heterocycles. The molecule has 0 aliphatic rings. The standard InChI is InChI=1S/C14H21NO2S/c1-14(2,3)17-13(16)12(15)10-18-9-11-7-5-4-6-8-11/h4-8,12H,9-10,15H2,1-3H3. The van der Waals surface area contributed by atoms with E-state index in [9.17, 15) is 4.79 Å². The predicted molar refractivity (Wildman–Crippen MR) is 76.4 cm³/mol. The molecule has 1 aromatic carbocycles. The molecule has 0 aromatic heterocycles. The smallest absolute Gasteiger partial charge is 0.324 e. The van der Waals surface area contributed by atoms with Crippen LogP contribution >= 0.6 is 11.8 Å². The fourth-order valence-corrected chi connectivity index (χ4v) is 2.26. The highest BCUT2D eigenvalue weighted by atomic mass is 32.2. The van der Waals surface area contributed by atoms with Crippen LogP contribution in [-0.2, 0) is 15.3 Å². The van der Waals surface area contributed by atoms with Crippen LogP contribution in [0.15, 0.2) is 30.3 Å². The van der Waals surface area contributed by atoms with E-state index >= 15 is 0 Å². The van der Waals surface area contributed by atoms with Crippen LogP contribution in [0.5, 0.6) is 0 Å². The first kappa shape index (κ1) is 15.1. The Morgan fingerprint density at radius 2 is 1.94 bits per heavy atom. The molecule has 0 aliphatic carbocycles. The number of carbonyl (C=O) groups is 1. The van der Waals surface area contributed by atoms with Crippen LogP contribution in [0.3, 0.4) is 0 Å². The van der Waals surface area contributed by atoms with E-state index in [1.807, 2.05) is 39.0 Å². The molecule has 1 atom stereocenters. The lowest BCUT2D eigenvalue weighted by Gasteiger charge is -2.22. The topological polar surface area (TPSA) is 52.3 Å². The maximum absolute atomic E-state index is 11.6. The van der Waals surface area contributed by atoms with Crippen molar-refractivity contribution in [2.75, 3.05) is 5.75 Å². The summed E-state index contributed by atoms with van der Waals surface area (Å²) in [5.41, 5.74) is 6.55. The molecule has 1 unspecified atom stereocenters. The second-order valence-corrected chi connectivity index (χ2v) is 6.17. The summed E-state index contributed by atoms with van der Waals surface area (Å²) in [6, 6.07) is 9.56. The average molecular weight is 267 g/mol. The number of rotatable bonds is 5. The molecular weight excluding hydrogens is 246 g/mol. The zero-order valence-electron chi connectivity index (χ0n) is 11.2. The minimum atomic E-state index is -0.557. The maximum atomic E-state index is 11.6. The highest BCUT2D eigenvalue weighted by molar-refractivity contribution is 7.98. The van der Waals surface area contributed by atoms with Gasteiger partial charge in [0.05, 0.1) is 0 Å². The summed E-state index contributed by atoms with van der Waals surface area (Å²) in [5.74, 6) is 1.10. The maximum Gasteiger partial charge on any atom is 0.324 e. The van der Waals surface area contributed by atoms with Crippen LogP contribution in [-0.4, -0.2) is 23.4 Å². The van der Waals surface area contributed by atoms with Gasteiger partial charge < -0.3 is 10.5 Å². The van der Waals surface area contributed by atoms with Crippen LogP contribution in [0.4, 0.5) is 0 Å². The summed E-state index contributed by atoms with van der Waals surface area (Å²) in [6.45, 7) is 5.53. The van der Waals surface area contributed by atoms with Crippen molar-refractivity contribution in [3.8, 4) is 0 Å². The normalized spacial score (nSPS) is 13.1. The van der Waals surface area contributed by atoms with Crippen LogP contribution in [0.2, 0.25) is 0 Å². The molecule has 100 valence electrons. The van der Waals surface area contributed by atoms with Crippen molar-refractivity contribution in [1.29, 1.82) is 0 Å². The first-order valence-corrected chi connectivity index (χ1v) is 7.14. The van der Waals surface area contributed by atoms with Gasteiger partial charge in [-0.15, -0.1) is 0 Å². The molecule has 0 fully saturated rings. The molecular formula is C14H21NO2S. The second kappa shape index (κ2) is 6.81. The van der Waals surface area contributed by atoms with E-state index in [0.29, 0.717) is 5.75 Å². The van der Waals surface area contributed by atoms with E-state index in [1.54, 1.807) is 11.8 Å². The molecule has 0 amide bonds. The molecule has 0 heterocycles. The van der Waals surface area contributed by atoms with Crippen molar-refractivity contribution in [3.05, 3.63) is 35.9 Å². The molecule has 0 bridgehead atoms. The zero-order valence-corrected chi connectivity index (χ0v) is 12.0. The summed E-state index contributed by atoms with van der Waals surface area (Å²) in [6.07, 6.45) is 0. The number of ether oxygens (including phenoxy) is 1. The lowest BCUT2D eigenvalue weighted by Crippen LogP contribution is -2.39. The zero-order chi connectivity index (χ0) is 13.6. The Bertz CT molecular complexity index is 373. The van der Waals surface area contributed by atoms with E-state index in [-0.39, 0.29) is 5.97 Å². The summed E-state index contributed by atoms with van der Waals surface area (Å²) in [4.78, 5) is 11.6.